The van der Waals surface area contributed by atoms with Crippen LogP contribution < -0.4 is 15.4 Å². The highest BCUT2D eigenvalue weighted by Gasteiger charge is 2.55. The molecule has 3 atom stereocenters. The van der Waals surface area contributed by atoms with Crippen molar-refractivity contribution in [2.75, 3.05) is 6.54 Å². The number of sulfonamides is 1. The van der Waals surface area contributed by atoms with Gasteiger partial charge in [-0.1, -0.05) is 55.3 Å². The van der Waals surface area contributed by atoms with Gasteiger partial charge in [0.25, 0.3) is 5.91 Å². The molecule has 0 unspecified atom stereocenters. The fraction of sp³-hybridized carbons (Fsp3) is 0.550. The van der Waals surface area contributed by atoms with Crippen molar-refractivity contribution in [1.82, 2.24) is 25.2 Å². The highest BCUT2D eigenvalue weighted by molar-refractivity contribution is 7.91. The number of rotatable bonds is 16. The third-order valence-corrected chi connectivity index (χ3v) is 12.9. The Kier molecular flexibility index (Phi) is 12.1. The van der Waals surface area contributed by atoms with E-state index in [9.17, 15) is 32.0 Å². The summed E-state index contributed by atoms with van der Waals surface area (Å²) < 4.78 is 47.6. The number of ether oxygens (including phenoxy) is 1. The van der Waals surface area contributed by atoms with E-state index in [-0.39, 0.29) is 44.8 Å². The van der Waals surface area contributed by atoms with Crippen LogP contribution in [0.5, 0.6) is 0 Å². The van der Waals surface area contributed by atoms with E-state index >= 15 is 0 Å². The fourth-order valence-corrected chi connectivity index (χ4v) is 8.84. The summed E-state index contributed by atoms with van der Waals surface area (Å²) in [5.41, 5.74) is 2.97. The fourth-order valence-electron chi connectivity index (χ4n) is 7.46. The molecule has 0 spiro atoms. The standard InChI is InChI=1S/C40H52FN5O7S/c1-4-5-6-7-8-9-16-34(42-22-31-26(2)12-10-13-27(31)3)37(48)46-24-29(53-39(50)45-23-28-14-11-15-33(41)32(28)25-45)21-35(46)36(47)43-40(19-20-40)38(49)44-54(51,52)30-17-18-30/h4-5,10-15,29-30,34-35,42H,6-9,16-25H2,1-3H3,(H,43,47)(H,44,49)/b5-4-/t29-,34+,35+/m1/s1. The Morgan fingerprint density at radius 1 is 1.02 bits per heavy atom. The van der Waals surface area contributed by atoms with Gasteiger partial charge in [-0.3, -0.25) is 24.0 Å². The lowest BCUT2D eigenvalue weighted by molar-refractivity contribution is -0.141. The minimum absolute atomic E-state index is 0.0243. The van der Waals surface area contributed by atoms with Gasteiger partial charge in [-0.05, 0) is 94.0 Å². The monoisotopic (exact) mass is 765 g/mol. The Morgan fingerprint density at radius 3 is 2.41 bits per heavy atom. The molecule has 2 saturated carbocycles. The molecule has 2 aliphatic carbocycles. The largest absolute Gasteiger partial charge is 0.444 e. The smallest absolute Gasteiger partial charge is 0.410 e. The van der Waals surface area contributed by atoms with Crippen LogP contribution >= 0.6 is 0 Å². The van der Waals surface area contributed by atoms with Crippen LogP contribution in [0, 0.1) is 19.7 Å². The van der Waals surface area contributed by atoms with E-state index < -0.39 is 62.7 Å². The summed E-state index contributed by atoms with van der Waals surface area (Å²) in [5, 5.41) is 5.64. The van der Waals surface area contributed by atoms with E-state index in [2.05, 4.69) is 21.4 Å². The van der Waals surface area contributed by atoms with Gasteiger partial charge < -0.3 is 20.3 Å². The predicted molar refractivity (Wildman–Crippen MR) is 201 cm³/mol. The molecule has 1 saturated heterocycles. The third-order valence-electron chi connectivity index (χ3n) is 11.1. The van der Waals surface area contributed by atoms with Crippen LogP contribution in [0.2, 0.25) is 0 Å². The number of hydrogen-bond acceptors (Lipinski definition) is 8. The number of fused-ring (bicyclic) bond motifs is 1. The Morgan fingerprint density at radius 2 is 1.74 bits per heavy atom. The summed E-state index contributed by atoms with van der Waals surface area (Å²) in [6.45, 7) is 6.61. The molecule has 14 heteroatoms. The number of hydrogen-bond donors (Lipinski definition) is 3. The first kappa shape index (κ1) is 39.4. The van der Waals surface area contributed by atoms with Crippen molar-refractivity contribution >= 4 is 33.8 Å². The van der Waals surface area contributed by atoms with Gasteiger partial charge in [0.1, 0.15) is 23.5 Å². The molecule has 2 aliphatic heterocycles. The second-order valence-corrected chi connectivity index (χ2v) is 17.2. The maximum atomic E-state index is 14.6. The zero-order chi connectivity index (χ0) is 38.6. The molecule has 4 aliphatic rings. The number of aryl methyl sites for hydroxylation is 2. The van der Waals surface area contributed by atoms with E-state index in [4.69, 9.17) is 4.74 Å². The van der Waals surface area contributed by atoms with Crippen LogP contribution in [0.15, 0.2) is 48.6 Å². The lowest BCUT2D eigenvalue weighted by Crippen LogP contribution is -2.57. The van der Waals surface area contributed by atoms with Gasteiger partial charge in [-0.15, -0.1) is 0 Å². The first-order valence-electron chi connectivity index (χ1n) is 19.1. The molecule has 2 heterocycles. The normalized spacial score (nSPS) is 20.8. The van der Waals surface area contributed by atoms with E-state index in [1.54, 1.807) is 12.1 Å². The number of benzene rings is 2. The van der Waals surface area contributed by atoms with Crippen molar-refractivity contribution in [2.24, 2.45) is 0 Å². The Hall–Kier alpha value is -4.30. The zero-order valence-electron chi connectivity index (χ0n) is 31.4. The number of amides is 4. The van der Waals surface area contributed by atoms with E-state index in [0.717, 1.165) is 42.4 Å². The number of likely N-dealkylation sites (tertiary alicyclic amines) is 1. The Bertz CT molecular complexity index is 1870. The second-order valence-electron chi connectivity index (χ2n) is 15.2. The molecule has 292 valence electrons. The Balaban J connectivity index is 1.20. The van der Waals surface area contributed by atoms with Crippen LogP contribution in [-0.4, -0.2) is 77.6 Å². The summed E-state index contributed by atoms with van der Waals surface area (Å²) in [6, 6.07) is 8.98. The van der Waals surface area contributed by atoms with Crippen molar-refractivity contribution in [2.45, 2.75) is 134 Å². The zero-order valence-corrected chi connectivity index (χ0v) is 32.2. The number of unbranched alkanes of at least 4 members (excludes halogenated alkanes) is 3. The highest BCUT2D eigenvalue weighted by Crippen LogP contribution is 2.38. The lowest BCUT2D eigenvalue weighted by atomic mass is 10.0. The molecule has 12 nitrogen and oxygen atoms in total. The summed E-state index contributed by atoms with van der Waals surface area (Å²) in [5.74, 6) is -2.13. The first-order valence-corrected chi connectivity index (χ1v) is 20.7. The van der Waals surface area contributed by atoms with Crippen molar-refractivity contribution in [3.63, 3.8) is 0 Å². The molecular weight excluding hydrogens is 714 g/mol. The van der Waals surface area contributed by atoms with Crippen LogP contribution in [0.3, 0.4) is 0 Å². The second kappa shape index (κ2) is 16.6. The van der Waals surface area contributed by atoms with Gasteiger partial charge in [0.05, 0.1) is 24.4 Å². The van der Waals surface area contributed by atoms with Crippen molar-refractivity contribution in [3.8, 4) is 0 Å². The number of carbonyl (C=O) groups excluding carboxylic acids is 4. The molecule has 0 radical (unpaired) electrons. The average molecular weight is 766 g/mol. The molecular formula is C40H52FN5O7S. The average Bonchev–Trinajstić information content (AvgIpc) is 4.05. The third kappa shape index (κ3) is 9.14. The van der Waals surface area contributed by atoms with Crippen LogP contribution in [0.4, 0.5) is 9.18 Å². The topological polar surface area (TPSA) is 154 Å². The molecule has 54 heavy (non-hydrogen) atoms. The van der Waals surface area contributed by atoms with Crippen molar-refractivity contribution in [1.29, 1.82) is 0 Å². The maximum Gasteiger partial charge on any atom is 0.410 e. The molecule has 4 amide bonds. The predicted octanol–water partition coefficient (Wildman–Crippen LogP) is 4.81. The first-order chi connectivity index (χ1) is 25.8. The summed E-state index contributed by atoms with van der Waals surface area (Å²) >= 11 is 0. The summed E-state index contributed by atoms with van der Waals surface area (Å²) in [4.78, 5) is 58.1. The number of allylic oxidation sites excluding steroid dienone is 2. The SMILES string of the molecule is C/C=C\CCCCC[C@H](NCc1c(C)cccc1C)C(=O)N1C[C@H](OC(=O)N2Cc3cccc(F)c3C2)C[C@H]1C(=O)NC1(C(=O)NS(=O)(=O)C2CC2)CC1. The molecule has 3 fully saturated rings. The van der Waals surface area contributed by atoms with Gasteiger partial charge in [0.2, 0.25) is 21.8 Å². The quantitative estimate of drug-likeness (QED) is 0.163. The lowest BCUT2D eigenvalue weighted by Gasteiger charge is -2.30. The Labute approximate surface area is 317 Å². The number of halogens is 1. The van der Waals surface area contributed by atoms with E-state index in [1.807, 2.05) is 45.0 Å². The van der Waals surface area contributed by atoms with Crippen LogP contribution in [-0.2, 0) is 48.8 Å². The van der Waals surface area contributed by atoms with Crippen LogP contribution in [0.1, 0.15) is 98.9 Å². The molecule has 3 N–H and O–H groups in total. The van der Waals surface area contributed by atoms with Crippen LogP contribution in [0.25, 0.3) is 0 Å². The highest BCUT2D eigenvalue weighted by atomic mass is 32.2. The van der Waals surface area contributed by atoms with Gasteiger partial charge in [-0.2, -0.15) is 0 Å². The minimum atomic E-state index is -3.84. The van der Waals surface area contributed by atoms with Gasteiger partial charge in [-0.25, -0.2) is 17.6 Å². The molecule has 0 bridgehead atoms. The number of carbonyl (C=O) groups is 4. The molecule has 0 aromatic heterocycles. The van der Waals surface area contributed by atoms with Crippen molar-refractivity contribution < 1.29 is 36.7 Å². The van der Waals surface area contributed by atoms with E-state index in [1.165, 1.54) is 15.9 Å². The maximum absolute atomic E-state index is 14.6. The summed E-state index contributed by atoms with van der Waals surface area (Å²) in [7, 11) is -3.84. The molecule has 6 rings (SSSR count). The van der Waals surface area contributed by atoms with Gasteiger partial charge >= 0.3 is 6.09 Å². The van der Waals surface area contributed by atoms with Crippen molar-refractivity contribution in [3.05, 3.63) is 82.2 Å². The minimum Gasteiger partial charge on any atom is -0.444 e. The molecule has 2 aromatic rings. The number of nitrogens with zero attached hydrogens (tertiary/aromatic N) is 2. The van der Waals surface area contributed by atoms with Gasteiger partial charge in [0, 0.05) is 25.1 Å². The summed E-state index contributed by atoms with van der Waals surface area (Å²) in [6.07, 6.45) is 8.13. The van der Waals surface area contributed by atoms with Gasteiger partial charge in [0.15, 0.2) is 0 Å². The van der Waals surface area contributed by atoms with E-state index in [0.29, 0.717) is 36.9 Å². The number of nitrogens with one attached hydrogen (secondary N) is 3. The molecule has 2 aromatic carbocycles.